The average molecular weight is 320 g/mol. The largest absolute Gasteiger partial charge is 0.394 e. The van der Waals surface area contributed by atoms with E-state index < -0.39 is 0 Å². The van der Waals surface area contributed by atoms with E-state index in [-0.39, 0.29) is 18.6 Å². The van der Waals surface area contributed by atoms with E-state index >= 15 is 0 Å². The summed E-state index contributed by atoms with van der Waals surface area (Å²) in [4.78, 5) is 12.0. The van der Waals surface area contributed by atoms with Gasteiger partial charge in [0.25, 0.3) is 0 Å². The molecule has 1 fully saturated rings. The lowest BCUT2D eigenvalue weighted by molar-refractivity contribution is -0.124. The molecule has 128 valence electrons. The van der Waals surface area contributed by atoms with Gasteiger partial charge in [-0.05, 0) is 43.7 Å². The van der Waals surface area contributed by atoms with Gasteiger partial charge in [-0.1, -0.05) is 30.3 Å². The molecule has 0 aliphatic carbocycles. The molecule has 0 spiro atoms. The first-order chi connectivity index (χ1) is 11.3. The van der Waals surface area contributed by atoms with Gasteiger partial charge in [-0.25, -0.2) is 0 Å². The van der Waals surface area contributed by atoms with Gasteiger partial charge in [0.2, 0.25) is 5.91 Å². The van der Waals surface area contributed by atoms with Crippen molar-refractivity contribution in [1.29, 1.82) is 0 Å². The van der Waals surface area contributed by atoms with E-state index in [0.29, 0.717) is 25.7 Å². The Hall–Kier alpha value is -1.43. The van der Waals surface area contributed by atoms with Gasteiger partial charge in [0.05, 0.1) is 25.9 Å². The number of carbonyl (C=O) groups excluding carboxylic acids is 1. The Labute approximate surface area is 138 Å². The highest BCUT2D eigenvalue weighted by molar-refractivity contribution is 5.81. The number of nitrogens with one attached hydrogen (secondary N) is 2. The third kappa shape index (κ3) is 6.69. The molecule has 5 heteroatoms. The molecule has 1 amide bonds. The summed E-state index contributed by atoms with van der Waals surface area (Å²) in [5, 5.41) is 14.8. The van der Waals surface area contributed by atoms with Crippen LogP contribution in [0.3, 0.4) is 0 Å². The van der Waals surface area contributed by atoms with E-state index in [1.807, 2.05) is 6.07 Å². The van der Waals surface area contributed by atoms with Crippen molar-refractivity contribution >= 4 is 5.91 Å². The summed E-state index contributed by atoms with van der Waals surface area (Å²) < 4.78 is 5.13. The summed E-state index contributed by atoms with van der Waals surface area (Å²) in [6.45, 7) is 2.18. The third-order valence-corrected chi connectivity index (χ3v) is 4.30. The number of hydrogen-bond acceptors (Lipinski definition) is 4. The van der Waals surface area contributed by atoms with Crippen LogP contribution in [0.25, 0.3) is 0 Å². The van der Waals surface area contributed by atoms with Crippen molar-refractivity contribution in [2.24, 2.45) is 5.92 Å². The van der Waals surface area contributed by atoms with Crippen LogP contribution in [0.15, 0.2) is 30.3 Å². The molecule has 0 saturated carbocycles. The quantitative estimate of drug-likeness (QED) is 0.596. The van der Waals surface area contributed by atoms with Crippen LogP contribution < -0.4 is 10.6 Å². The second-order valence-electron chi connectivity index (χ2n) is 6.06. The minimum atomic E-state index is -0.0826. The van der Waals surface area contributed by atoms with Gasteiger partial charge < -0.3 is 20.5 Å². The average Bonchev–Trinajstić information content (AvgIpc) is 2.61. The molecular formula is C18H28N2O3. The maximum atomic E-state index is 12.0. The minimum absolute atomic E-state index is 0.0164. The molecule has 1 saturated heterocycles. The number of aliphatic hydroxyl groups is 1. The van der Waals surface area contributed by atoms with E-state index in [0.717, 1.165) is 25.8 Å². The fourth-order valence-corrected chi connectivity index (χ4v) is 2.94. The second-order valence-corrected chi connectivity index (χ2v) is 6.06. The molecule has 2 rings (SSSR count). The maximum absolute atomic E-state index is 12.0. The first-order valence-corrected chi connectivity index (χ1v) is 8.53. The van der Waals surface area contributed by atoms with E-state index in [9.17, 15) is 4.79 Å². The number of carbonyl (C=O) groups is 1. The number of aryl methyl sites for hydroxylation is 1. The highest BCUT2D eigenvalue weighted by Gasteiger charge is 2.25. The van der Waals surface area contributed by atoms with Gasteiger partial charge in [0.15, 0.2) is 0 Å². The maximum Gasteiger partial charge on any atom is 0.237 e. The number of rotatable bonds is 9. The fraction of sp³-hybridized carbons (Fsp3) is 0.611. The molecule has 23 heavy (non-hydrogen) atoms. The van der Waals surface area contributed by atoms with Crippen LogP contribution in [-0.4, -0.2) is 50.0 Å². The van der Waals surface area contributed by atoms with Gasteiger partial charge in [-0.2, -0.15) is 0 Å². The summed E-state index contributed by atoms with van der Waals surface area (Å²) in [5.74, 6) is 0.700. The van der Waals surface area contributed by atoms with Gasteiger partial charge in [0.1, 0.15) is 0 Å². The molecule has 0 bridgehead atoms. The van der Waals surface area contributed by atoms with Crippen LogP contribution >= 0.6 is 0 Å². The molecule has 0 radical (unpaired) electrons. The van der Waals surface area contributed by atoms with Gasteiger partial charge in [-0.3, -0.25) is 4.79 Å². The lowest BCUT2D eigenvalue weighted by Crippen LogP contribution is -2.49. The van der Waals surface area contributed by atoms with Crippen LogP contribution in [0.4, 0.5) is 0 Å². The Kier molecular flexibility index (Phi) is 8.07. The Morgan fingerprint density at radius 3 is 2.78 bits per heavy atom. The monoisotopic (exact) mass is 320 g/mol. The highest BCUT2D eigenvalue weighted by Crippen LogP contribution is 2.20. The number of aliphatic hydroxyl groups excluding tert-OH is 1. The lowest BCUT2D eigenvalue weighted by Gasteiger charge is -2.29. The van der Waals surface area contributed by atoms with Gasteiger partial charge >= 0.3 is 0 Å². The highest BCUT2D eigenvalue weighted by atomic mass is 16.5. The van der Waals surface area contributed by atoms with Crippen molar-refractivity contribution in [2.45, 2.75) is 31.7 Å². The molecule has 2 atom stereocenters. The Bertz CT molecular complexity index is 445. The first-order valence-electron chi connectivity index (χ1n) is 8.53. The van der Waals surface area contributed by atoms with E-state index in [4.69, 9.17) is 9.84 Å². The van der Waals surface area contributed by atoms with E-state index in [1.54, 1.807) is 0 Å². The Morgan fingerprint density at radius 1 is 1.26 bits per heavy atom. The molecule has 1 aromatic carbocycles. The summed E-state index contributed by atoms with van der Waals surface area (Å²) in [6.07, 6.45) is 4.26. The zero-order chi connectivity index (χ0) is 16.3. The van der Waals surface area contributed by atoms with E-state index in [1.165, 1.54) is 12.0 Å². The summed E-state index contributed by atoms with van der Waals surface area (Å²) in [6, 6.07) is 10.5. The first kappa shape index (κ1) is 17.9. The SMILES string of the molecule is O=C(NCCOCCO)C1CCC(CCc2ccccc2)CN1. The standard InChI is InChI=1S/C18H28N2O3/c21-11-13-23-12-10-19-18(22)17-9-8-16(14-20-17)7-6-15-4-2-1-3-5-15/h1-5,16-17,20-21H,6-14H2,(H,19,22). The third-order valence-electron chi connectivity index (χ3n) is 4.30. The van der Waals surface area contributed by atoms with Crippen molar-refractivity contribution in [3.8, 4) is 0 Å². The molecule has 2 unspecified atom stereocenters. The van der Waals surface area contributed by atoms with E-state index in [2.05, 4.69) is 34.9 Å². The predicted octanol–water partition coefficient (Wildman–Crippen LogP) is 1.11. The molecule has 3 N–H and O–H groups in total. The predicted molar refractivity (Wildman–Crippen MR) is 90.2 cm³/mol. The zero-order valence-electron chi connectivity index (χ0n) is 13.7. The number of ether oxygens (including phenoxy) is 1. The second kappa shape index (κ2) is 10.4. The van der Waals surface area contributed by atoms with Crippen LogP contribution in [-0.2, 0) is 16.0 Å². The van der Waals surface area contributed by atoms with Crippen molar-refractivity contribution in [2.75, 3.05) is 32.9 Å². The van der Waals surface area contributed by atoms with Crippen molar-refractivity contribution in [3.05, 3.63) is 35.9 Å². The Balaban J connectivity index is 1.58. The van der Waals surface area contributed by atoms with Crippen LogP contribution in [0.5, 0.6) is 0 Å². The number of amides is 1. The minimum Gasteiger partial charge on any atom is -0.394 e. The van der Waals surface area contributed by atoms with Crippen LogP contribution in [0.1, 0.15) is 24.8 Å². The lowest BCUT2D eigenvalue weighted by atomic mass is 9.89. The molecule has 0 aromatic heterocycles. The van der Waals surface area contributed by atoms with Crippen LogP contribution in [0, 0.1) is 5.92 Å². The molecule has 1 aliphatic heterocycles. The normalized spacial score (nSPS) is 21.1. The van der Waals surface area contributed by atoms with Gasteiger partial charge in [0, 0.05) is 6.54 Å². The Morgan fingerprint density at radius 2 is 2.09 bits per heavy atom. The number of benzene rings is 1. The molecule has 5 nitrogen and oxygen atoms in total. The van der Waals surface area contributed by atoms with Crippen LogP contribution in [0.2, 0.25) is 0 Å². The molecule has 1 aliphatic rings. The summed E-state index contributed by atoms with van der Waals surface area (Å²) in [7, 11) is 0. The zero-order valence-corrected chi connectivity index (χ0v) is 13.7. The van der Waals surface area contributed by atoms with Crippen molar-refractivity contribution in [3.63, 3.8) is 0 Å². The topological polar surface area (TPSA) is 70.6 Å². The molecule has 1 heterocycles. The summed E-state index contributed by atoms with van der Waals surface area (Å²) >= 11 is 0. The molecule has 1 aromatic rings. The fourth-order valence-electron chi connectivity index (χ4n) is 2.94. The molecular weight excluding hydrogens is 292 g/mol. The smallest absolute Gasteiger partial charge is 0.237 e. The van der Waals surface area contributed by atoms with Gasteiger partial charge in [-0.15, -0.1) is 0 Å². The summed E-state index contributed by atoms with van der Waals surface area (Å²) in [5.41, 5.74) is 1.38. The number of piperidine rings is 1. The van der Waals surface area contributed by atoms with Crippen molar-refractivity contribution in [1.82, 2.24) is 10.6 Å². The number of hydrogen-bond donors (Lipinski definition) is 3. The van der Waals surface area contributed by atoms with Crippen molar-refractivity contribution < 1.29 is 14.6 Å².